The third-order valence-corrected chi connectivity index (χ3v) is 3.19. The van der Waals surface area contributed by atoms with E-state index in [1.165, 1.54) is 24.0 Å². The van der Waals surface area contributed by atoms with Crippen LogP contribution in [0.5, 0.6) is 0 Å². The molecule has 1 aromatic carbocycles. The van der Waals surface area contributed by atoms with Crippen molar-refractivity contribution >= 4 is 11.4 Å². The number of hydrogen-bond acceptors (Lipinski definition) is 2. The molecule has 0 saturated heterocycles. The van der Waals surface area contributed by atoms with Crippen LogP contribution in [0.2, 0.25) is 0 Å². The van der Waals surface area contributed by atoms with Crippen molar-refractivity contribution in [3.8, 4) is 0 Å². The second-order valence-corrected chi connectivity index (χ2v) is 4.26. The van der Waals surface area contributed by atoms with Gasteiger partial charge in [-0.25, -0.2) is 0 Å². The van der Waals surface area contributed by atoms with Crippen LogP contribution < -0.4 is 11.5 Å². The van der Waals surface area contributed by atoms with Crippen LogP contribution in [0.1, 0.15) is 30.9 Å². The Bertz CT molecular complexity index is 313. The maximum atomic E-state index is 5.94. The molecule has 0 spiro atoms. The Labute approximate surface area is 85.3 Å². The van der Waals surface area contributed by atoms with Crippen molar-refractivity contribution in [2.24, 2.45) is 5.92 Å². The smallest absolute Gasteiger partial charge is 0.0350 e. The summed E-state index contributed by atoms with van der Waals surface area (Å²) in [6, 6.07) is 3.87. The second-order valence-electron chi connectivity index (χ2n) is 4.26. The van der Waals surface area contributed by atoms with Gasteiger partial charge in [-0.1, -0.05) is 19.8 Å². The monoisotopic (exact) mass is 190 g/mol. The minimum absolute atomic E-state index is 0.766. The number of hydrogen-bond donors (Lipinski definition) is 2. The molecule has 2 heteroatoms. The zero-order valence-corrected chi connectivity index (χ0v) is 8.72. The summed E-state index contributed by atoms with van der Waals surface area (Å²) in [5, 5.41) is 0. The van der Waals surface area contributed by atoms with E-state index in [0.29, 0.717) is 0 Å². The largest absolute Gasteiger partial charge is 0.398 e. The summed E-state index contributed by atoms with van der Waals surface area (Å²) in [4.78, 5) is 0. The molecule has 0 amide bonds. The fourth-order valence-electron chi connectivity index (χ4n) is 2.47. The molecule has 1 aliphatic carbocycles. The van der Waals surface area contributed by atoms with Crippen molar-refractivity contribution in [2.75, 3.05) is 11.5 Å². The lowest BCUT2D eigenvalue weighted by molar-refractivity contribution is 0.507. The fourth-order valence-corrected chi connectivity index (χ4v) is 2.47. The number of nitrogen functional groups attached to an aromatic ring is 2. The summed E-state index contributed by atoms with van der Waals surface area (Å²) in [6.07, 6.45) is 4.78. The summed E-state index contributed by atoms with van der Waals surface area (Å²) in [7, 11) is 0. The van der Waals surface area contributed by atoms with Gasteiger partial charge in [0.25, 0.3) is 0 Å². The first-order valence-electron chi connectivity index (χ1n) is 5.38. The summed E-state index contributed by atoms with van der Waals surface area (Å²) < 4.78 is 0. The van der Waals surface area contributed by atoms with Gasteiger partial charge in [-0.3, -0.25) is 0 Å². The van der Waals surface area contributed by atoms with Crippen LogP contribution in [0.15, 0.2) is 12.1 Å². The number of benzene rings is 1. The van der Waals surface area contributed by atoms with Crippen molar-refractivity contribution in [3.05, 3.63) is 23.3 Å². The van der Waals surface area contributed by atoms with Crippen molar-refractivity contribution < 1.29 is 0 Å². The molecule has 0 atom stereocenters. The number of anilines is 2. The van der Waals surface area contributed by atoms with Crippen LogP contribution >= 0.6 is 0 Å². The highest BCUT2D eigenvalue weighted by molar-refractivity contribution is 5.63. The predicted molar refractivity (Wildman–Crippen MR) is 61.1 cm³/mol. The van der Waals surface area contributed by atoms with Gasteiger partial charge in [0.1, 0.15) is 0 Å². The van der Waals surface area contributed by atoms with E-state index in [-0.39, 0.29) is 0 Å². The minimum Gasteiger partial charge on any atom is -0.398 e. The molecule has 0 radical (unpaired) electrons. The average Bonchev–Trinajstić information content (AvgIpc) is 2.57. The predicted octanol–water partition coefficient (Wildman–Crippen LogP) is 2.37. The molecule has 2 rings (SSSR count). The second kappa shape index (κ2) is 3.52. The lowest BCUT2D eigenvalue weighted by Crippen LogP contribution is -1.98. The summed E-state index contributed by atoms with van der Waals surface area (Å²) in [5.41, 5.74) is 16.4. The average molecular weight is 190 g/mol. The highest BCUT2D eigenvalue weighted by atomic mass is 14.6. The van der Waals surface area contributed by atoms with Gasteiger partial charge in [-0.05, 0) is 42.0 Å². The number of nitrogens with two attached hydrogens (primary N) is 2. The van der Waals surface area contributed by atoms with Crippen molar-refractivity contribution in [1.82, 2.24) is 0 Å². The van der Waals surface area contributed by atoms with Gasteiger partial charge in [0.2, 0.25) is 0 Å². The summed E-state index contributed by atoms with van der Waals surface area (Å²) in [5.74, 6) is 0.766. The molecule has 0 saturated carbocycles. The maximum absolute atomic E-state index is 5.94. The Morgan fingerprint density at radius 1 is 1.14 bits per heavy atom. The van der Waals surface area contributed by atoms with Gasteiger partial charge in [0.05, 0.1) is 0 Å². The Morgan fingerprint density at radius 2 is 1.64 bits per heavy atom. The van der Waals surface area contributed by atoms with Crippen molar-refractivity contribution in [1.29, 1.82) is 0 Å². The molecular formula is C12H18N2. The maximum Gasteiger partial charge on any atom is 0.0350 e. The Morgan fingerprint density at radius 3 is 2.07 bits per heavy atom. The van der Waals surface area contributed by atoms with E-state index >= 15 is 0 Å². The molecule has 0 aromatic heterocycles. The molecule has 14 heavy (non-hydrogen) atoms. The third-order valence-electron chi connectivity index (χ3n) is 3.19. The van der Waals surface area contributed by atoms with E-state index in [4.69, 9.17) is 11.5 Å². The molecular weight excluding hydrogens is 172 g/mol. The highest BCUT2D eigenvalue weighted by Crippen LogP contribution is 2.36. The third kappa shape index (κ3) is 1.45. The topological polar surface area (TPSA) is 52.0 Å². The van der Waals surface area contributed by atoms with E-state index in [1.807, 2.05) is 12.1 Å². The quantitative estimate of drug-likeness (QED) is 0.703. The van der Waals surface area contributed by atoms with Gasteiger partial charge in [0, 0.05) is 11.4 Å². The van der Waals surface area contributed by atoms with Crippen LogP contribution in [-0.2, 0) is 12.8 Å². The lowest BCUT2D eigenvalue weighted by atomic mass is 10.0. The van der Waals surface area contributed by atoms with Gasteiger partial charge in [-0.2, -0.15) is 0 Å². The van der Waals surface area contributed by atoms with Crippen molar-refractivity contribution in [2.45, 2.75) is 32.6 Å². The van der Waals surface area contributed by atoms with Gasteiger partial charge >= 0.3 is 0 Å². The van der Waals surface area contributed by atoms with Gasteiger partial charge < -0.3 is 11.5 Å². The molecule has 0 fully saturated rings. The fraction of sp³-hybridized carbons (Fsp3) is 0.500. The first kappa shape index (κ1) is 9.38. The molecule has 0 aliphatic heterocycles. The molecule has 0 unspecified atom stereocenters. The Hall–Kier alpha value is -1.18. The highest BCUT2D eigenvalue weighted by Gasteiger charge is 2.24. The Balaban J connectivity index is 2.29. The molecule has 76 valence electrons. The minimum atomic E-state index is 0.766. The van der Waals surface area contributed by atoms with E-state index in [0.717, 1.165) is 30.1 Å². The van der Waals surface area contributed by atoms with Crippen LogP contribution in [0, 0.1) is 5.92 Å². The normalized spacial score (nSPS) is 15.8. The zero-order valence-electron chi connectivity index (χ0n) is 8.72. The molecule has 0 heterocycles. The Kier molecular flexibility index (Phi) is 2.36. The standard InChI is InChI=1S/C12H18N2/c1-2-3-8-6-9-10(7-8)12(14)5-4-11(9)13/h4-5,8H,2-3,6-7,13-14H2,1H3. The molecule has 2 nitrogen and oxygen atoms in total. The first-order valence-corrected chi connectivity index (χ1v) is 5.38. The number of rotatable bonds is 2. The molecule has 4 N–H and O–H groups in total. The van der Waals surface area contributed by atoms with E-state index in [1.54, 1.807) is 0 Å². The summed E-state index contributed by atoms with van der Waals surface area (Å²) in [6.45, 7) is 2.23. The van der Waals surface area contributed by atoms with Crippen molar-refractivity contribution in [3.63, 3.8) is 0 Å². The van der Waals surface area contributed by atoms with E-state index < -0.39 is 0 Å². The van der Waals surface area contributed by atoms with Gasteiger partial charge in [-0.15, -0.1) is 0 Å². The van der Waals surface area contributed by atoms with E-state index in [9.17, 15) is 0 Å². The SMILES string of the molecule is CCCC1Cc2c(N)ccc(N)c2C1. The molecule has 0 bridgehead atoms. The van der Waals surface area contributed by atoms with Crippen LogP contribution in [0.4, 0.5) is 11.4 Å². The van der Waals surface area contributed by atoms with Gasteiger partial charge in [0.15, 0.2) is 0 Å². The lowest BCUT2D eigenvalue weighted by Gasteiger charge is -2.05. The van der Waals surface area contributed by atoms with E-state index in [2.05, 4.69) is 6.92 Å². The molecule has 1 aliphatic rings. The summed E-state index contributed by atoms with van der Waals surface area (Å²) >= 11 is 0. The number of fused-ring (bicyclic) bond motifs is 1. The zero-order chi connectivity index (χ0) is 10.1. The van der Waals surface area contributed by atoms with Crippen LogP contribution in [0.3, 0.4) is 0 Å². The van der Waals surface area contributed by atoms with Crippen LogP contribution in [-0.4, -0.2) is 0 Å². The first-order chi connectivity index (χ1) is 6.72. The van der Waals surface area contributed by atoms with Crippen LogP contribution in [0.25, 0.3) is 0 Å². The molecule has 1 aromatic rings.